The molecular weight excluding hydrogens is 216 g/mol. The first-order valence-corrected chi connectivity index (χ1v) is 5.15. The van der Waals surface area contributed by atoms with Gasteiger partial charge in [-0.2, -0.15) is 9.50 Å². The molecule has 0 aromatic carbocycles. The van der Waals surface area contributed by atoms with Gasteiger partial charge >= 0.3 is 6.01 Å². The molecule has 0 amide bonds. The van der Waals surface area contributed by atoms with E-state index >= 15 is 0 Å². The molecule has 3 rings (SSSR count). The topological polar surface area (TPSA) is 52.3 Å². The summed E-state index contributed by atoms with van der Waals surface area (Å²) in [4.78, 5) is 8.51. The minimum absolute atomic E-state index is 0.299. The van der Waals surface area contributed by atoms with Crippen molar-refractivity contribution in [3.8, 4) is 6.01 Å². The molecule has 0 aliphatic heterocycles. The second kappa shape index (κ2) is 3.06. The number of fused-ring (bicyclic) bond motifs is 2. The zero-order valence-electron chi connectivity index (χ0n) is 8.20. The van der Waals surface area contributed by atoms with E-state index in [1.807, 2.05) is 0 Å². The smallest absolute Gasteiger partial charge is 0.337 e. The van der Waals surface area contributed by atoms with Crippen molar-refractivity contribution in [2.75, 3.05) is 7.11 Å². The fourth-order valence-electron chi connectivity index (χ4n) is 1.90. The highest BCUT2D eigenvalue weighted by Crippen LogP contribution is 2.28. The van der Waals surface area contributed by atoms with Crippen LogP contribution in [0, 0.1) is 0 Å². The van der Waals surface area contributed by atoms with Crippen molar-refractivity contribution < 1.29 is 4.74 Å². The molecule has 0 atom stereocenters. The Kier molecular flexibility index (Phi) is 1.82. The fourth-order valence-corrected chi connectivity index (χ4v) is 2.21. The first-order chi connectivity index (χ1) is 7.29. The van der Waals surface area contributed by atoms with Gasteiger partial charge in [0.05, 0.1) is 12.8 Å². The van der Waals surface area contributed by atoms with E-state index < -0.39 is 0 Å². The summed E-state index contributed by atoms with van der Waals surface area (Å²) < 4.78 is 6.48. The molecule has 2 aromatic rings. The maximum Gasteiger partial charge on any atom is 0.337 e. The number of ether oxygens (including phenoxy) is 1. The van der Waals surface area contributed by atoms with Gasteiger partial charge in [0, 0.05) is 5.56 Å². The van der Waals surface area contributed by atoms with Crippen LogP contribution in [-0.4, -0.2) is 26.7 Å². The lowest BCUT2D eigenvalue weighted by Crippen LogP contribution is -1.99. The summed E-state index contributed by atoms with van der Waals surface area (Å²) in [6.45, 7) is 0. The van der Waals surface area contributed by atoms with Crippen LogP contribution in [-0.2, 0) is 12.8 Å². The average molecular weight is 225 g/mol. The van der Waals surface area contributed by atoms with Crippen LogP contribution in [0.3, 0.4) is 0 Å². The molecule has 1 aliphatic rings. The Morgan fingerprint density at radius 1 is 1.33 bits per heavy atom. The Morgan fingerprint density at radius 3 is 3.00 bits per heavy atom. The number of aryl methyl sites for hydroxylation is 1. The number of aromatic nitrogens is 4. The summed E-state index contributed by atoms with van der Waals surface area (Å²) in [5, 5.41) is 4.71. The molecule has 2 heterocycles. The van der Waals surface area contributed by atoms with Crippen molar-refractivity contribution in [3.05, 3.63) is 16.4 Å². The van der Waals surface area contributed by atoms with Gasteiger partial charge in [0.2, 0.25) is 0 Å². The number of rotatable bonds is 1. The molecule has 0 unspecified atom stereocenters. The lowest BCUT2D eigenvalue weighted by molar-refractivity contribution is 0.380. The normalized spacial score (nSPS) is 14.5. The Morgan fingerprint density at radius 2 is 2.20 bits per heavy atom. The van der Waals surface area contributed by atoms with Crippen LogP contribution in [0.2, 0.25) is 5.15 Å². The van der Waals surface area contributed by atoms with Crippen molar-refractivity contribution >= 4 is 17.4 Å². The molecule has 0 spiro atoms. The second-order valence-electron chi connectivity index (χ2n) is 3.49. The van der Waals surface area contributed by atoms with Gasteiger partial charge in [0.1, 0.15) is 5.15 Å². The van der Waals surface area contributed by atoms with Gasteiger partial charge in [-0.1, -0.05) is 11.6 Å². The van der Waals surface area contributed by atoms with Crippen LogP contribution < -0.4 is 4.74 Å². The van der Waals surface area contributed by atoms with E-state index in [2.05, 4.69) is 15.1 Å². The van der Waals surface area contributed by atoms with E-state index in [-0.39, 0.29) is 0 Å². The van der Waals surface area contributed by atoms with Crippen molar-refractivity contribution in [2.24, 2.45) is 0 Å². The Balaban J connectivity index is 2.33. The Hall–Kier alpha value is -1.36. The molecule has 6 heteroatoms. The highest BCUT2D eigenvalue weighted by Gasteiger charge is 2.20. The number of methoxy groups -OCH3 is 1. The van der Waals surface area contributed by atoms with Gasteiger partial charge in [-0.05, 0) is 19.3 Å². The van der Waals surface area contributed by atoms with E-state index in [0.29, 0.717) is 16.9 Å². The Bertz CT molecular complexity index is 536. The minimum atomic E-state index is 0.299. The summed E-state index contributed by atoms with van der Waals surface area (Å²) >= 11 is 6.22. The SMILES string of the molecule is COc1nc2nc3c(c(Cl)n2n1)CCC3. The van der Waals surface area contributed by atoms with Crippen LogP contribution in [0.4, 0.5) is 0 Å². The lowest BCUT2D eigenvalue weighted by Gasteiger charge is -2.01. The van der Waals surface area contributed by atoms with E-state index in [9.17, 15) is 0 Å². The van der Waals surface area contributed by atoms with Gasteiger partial charge in [0.25, 0.3) is 5.78 Å². The molecule has 0 radical (unpaired) electrons. The zero-order valence-corrected chi connectivity index (χ0v) is 8.95. The maximum atomic E-state index is 6.22. The predicted molar refractivity (Wildman–Crippen MR) is 54.4 cm³/mol. The quantitative estimate of drug-likeness (QED) is 0.685. The van der Waals surface area contributed by atoms with Crippen molar-refractivity contribution in [3.63, 3.8) is 0 Å². The molecule has 0 saturated carbocycles. The number of hydrogen-bond donors (Lipinski definition) is 0. The monoisotopic (exact) mass is 224 g/mol. The molecule has 0 N–H and O–H groups in total. The molecular formula is C9H9ClN4O. The van der Waals surface area contributed by atoms with E-state index in [0.717, 1.165) is 30.5 Å². The third-order valence-electron chi connectivity index (χ3n) is 2.61. The Labute approximate surface area is 91.0 Å². The summed E-state index contributed by atoms with van der Waals surface area (Å²) in [6.07, 6.45) is 3.05. The van der Waals surface area contributed by atoms with Crippen LogP contribution in [0.25, 0.3) is 5.78 Å². The fraction of sp³-hybridized carbons (Fsp3) is 0.444. The molecule has 15 heavy (non-hydrogen) atoms. The largest absolute Gasteiger partial charge is 0.466 e. The van der Waals surface area contributed by atoms with Crippen molar-refractivity contribution in [1.82, 2.24) is 19.6 Å². The average Bonchev–Trinajstić information content (AvgIpc) is 2.83. The summed E-state index contributed by atoms with van der Waals surface area (Å²) in [5.74, 6) is 0.512. The lowest BCUT2D eigenvalue weighted by atomic mass is 10.3. The number of nitrogens with zero attached hydrogens (tertiary/aromatic N) is 4. The van der Waals surface area contributed by atoms with Crippen molar-refractivity contribution in [2.45, 2.75) is 19.3 Å². The van der Waals surface area contributed by atoms with Crippen LogP contribution in [0.5, 0.6) is 6.01 Å². The van der Waals surface area contributed by atoms with Crippen molar-refractivity contribution in [1.29, 1.82) is 0 Å². The third-order valence-corrected chi connectivity index (χ3v) is 3.00. The summed E-state index contributed by atoms with van der Waals surface area (Å²) in [5.41, 5.74) is 2.14. The highest BCUT2D eigenvalue weighted by molar-refractivity contribution is 6.30. The van der Waals surface area contributed by atoms with Crippen LogP contribution >= 0.6 is 11.6 Å². The zero-order chi connectivity index (χ0) is 10.4. The molecule has 1 aliphatic carbocycles. The number of halogens is 1. The van der Waals surface area contributed by atoms with Gasteiger partial charge in [-0.25, -0.2) is 4.98 Å². The van der Waals surface area contributed by atoms with Gasteiger partial charge in [0.15, 0.2) is 0 Å². The number of hydrogen-bond acceptors (Lipinski definition) is 4. The molecule has 0 saturated heterocycles. The first kappa shape index (κ1) is 8.91. The molecule has 0 fully saturated rings. The van der Waals surface area contributed by atoms with Crippen LogP contribution in [0.1, 0.15) is 17.7 Å². The molecule has 5 nitrogen and oxygen atoms in total. The summed E-state index contributed by atoms with van der Waals surface area (Å²) in [6, 6.07) is 0.299. The van der Waals surface area contributed by atoms with E-state index in [1.165, 1.54) is 11.6 Å². The van der Waals surface area contributed by atoms with E-state index in [1.54, 1.807) is 0 Å². The van der Waals surface area contributed by atoms with Gasteiger partial charge in [-0.15, -0.1) is 5.10 Å². The molecule has 78 valence electrons. The maximum absolute atomic E-state index is 6.22. The first-order valence-electron chi connectivity index (χ1n) is 4.77. The van der Waals surface area contributed by atoms with Crippen LogP contribution in [0.15, 0.2) is 0 Å². The third kappa shape index (κ3) is 1.19. The molecule has 2 aromatic heterocycles. The predicted octanol–water partition coefficient (Wildman–Crippen LogP) is 1.27. The van der Waals surface area contributed by atoms with E-state index in [4.69, 9.17) is 16.3 Å². The highest BCUT2D eigenvalue weighted by atomic mass is 35.5. The standard InChI is InChI=1S/C9H9ClN4O/c1-15-9-12-8-11-6-4-2-3-5(6)7(10)14(8)13-9/h2-4H2,1H3. The van der Waals surface area contributed by atoms with Gasteiger partial charge < -0.3 is 4.74 Å². The minimum Gasteiger partial charge on any atom is -0.466 e. The van der Waals surface area contributed by atoms with Gasteiger partial charge in [-0.3, -0.25) is 0 Å². The summed E-state index contributed by atoms with van der Waals surface area (Å²) in [7, 11) is 1.52. The molecule has 0 bridgehead atoms. The second-order valence-corrected chi connectivity index (χ2v) is 3.85.